The van der Waals surface area contributed by atoms with Gasteiger partial charge in [-0.2, -0.15) is 0 Å². The van der Waals surface area contributed by atoms with Crippen molar-refractivity contribution in [3.63, 3.8) is 0 Å². The molecule has 0 amide bonds. The lowest BCUT2D eigenvalue weighted by Gasteiger charge is -2.12. The number of rotatable bonds is 10. The van der Waals surface area contributed by atoms with Gasteiger partial charge in [-0.05, 0) is 47.5 Å². The van der Waals surface area contributed by atoms with Crippen molar-refractivity contribution in [2.75, 3.05) is 38.0 Å². The van der Waals surface area contributed by atoms with E-state index in [1.54, 1.807) is 0 Å². The SMILES string of the molecule is CN(C)c1ccc(-c2nc(/C=C/c3ccc(/C=C/c4nc(-c5ccc(N(C)C)cc5)c(-c5ccccc5)o4)cc3)oc2-c2ccccc2)cc1. The van der Waals surface area contributed by atoms with Gasteiger partial charge in [0.05, 0.1) is 0 Å². The summed E-state index contributed by atoms with van der Waals surface area (Å²) in [5, 5.41) is 0. The molecule has 0 bridgehead atoms. The molecule has 2 heterocycles. The molecule has 0 N–H and O–H groups in total. The average molecular weight is 655 g/mol. The van der Waals surface area contributed by atoms with E-state index in [9.17, 15) is 0 Å². The minimum Gasteiger partial charge on any atom is -0.436 e. The van der Waals surface area contributed by atoms with Gasteiger partial charge in [0, 0.05) is 74.0 Å². The molecule has 5 aromatic carbocycles. The number of hydrogen-bond acceptors (Lipinski definition) is 6. The van der Waals surface area contributed by atoms with Gasteiger partial charge in [-0.15, -0.1) is 0 Å². The molecule has 0 spiro atoms. The average Bonchev–Trinajstić information content (AvgIpc) is 3.80. The van der Waals surface area contributed by atoms with Crippen LogP contribution in [-0.2, 0) is 0 Å². The zero-order valence-electron chi connectivity index (χ0n) is 28.6. The number of benzene rings is 5. The molecule has 0 saturated carbocycles. The predicted octanol–water partition coefficient (Wildman–Crippen LogP) is 10.8. The highest BCUT2D eigenvalue weighted by atomic mass is 16.4. The van der Waals surface area contributed by atoms with E-state index in [1.807, 2.05) is 113 Å². The molecule has 50 heavy (non-hydrogen) atoms. The van der Waals surface area contributed by atoms with Crippen LogP contribution in [0.15, 0.2) is 142 Å². The monoisotopic (exact) mass is 654 g/mol. The Morgan fingerprint density at radius 3 is 1.10 bits per heavy atom. The summed E-state index contributed by atoms with van der Waals surface area (Å²) in [5.41, 5.74) is 9.94. The molecule has 0 aliphatic heterocycles. The van der Waals surface area contributed by atoms with Crippen LogP contribution in [0, 0.1) is 0 Å². The van der Waals surface area contributed by atoms with Crippen LogP contribution >= 0.6 is 0 Å². The topological polar surface area (TPSA) is 58.5 Å². The summed E-state index contributed by atoms with van der Waals surface area (Å²) in [7, 11) is 8.14. The smallest absolute Gasteiger partial charge is 0.220 e. The van der Waals surface area contributed by atoms with Crippen LogP contribution in [0.25, 0.3) is 69.5 Å². The van der Waals surface area contributed by atoms with Crippen molar-refractivity contribution < 1.29 is 8.83 Å². The Morgan fingerprint density at radius 1 is 0.400 bits per heavy atom. The highest BCUT2D eigenvalue weighted by Crippen LogP contribution is 2.35. The van der Waals surface area contributed by atoms with Crippen LogP contribution in [0.4, 0.5) is 11.4 Å². The number of oxazole rings is 2. The second-order valence-electron chi connectivity index (χ2n) is 12.4. The van der Waals surface area contributed by atoms with Crippen LogP contribution in [0.1, 0.15) is 22.9 Å². The molecule has 246 valence electrons. The van der Waals surface area contributed by atoms with Crippen molar-refractivity contribution in [2.45, 2.75) is 0 Å². The fraction of sp³-hybridized carbons (Fsp3) is 0.0909. The first-order valence-corrected chi connectivity index (χ1v) is 16.6. The van der Waals surface area contributed by atoms with Gasteiger partial charge in [0.25, 0.3) is 0 Å². The maximum atomic E-state index is 6.32. The third-order valence-corrected chi connectivity index (χ3v) is 8.45. The fourth-order valence-corrected chi connectivity index (χ4v) is 5.67. The molecule has 0 atom stereocenters. The van der Waals surface area contributed by atoms with E-state index in [1.165, 1.54) is 0 Å². The molecule has 0 aliphatic carbocycles. The minimum absolute atomic E-state index is 0.546. The normalized spacial score (nSPS) is 11.4. The van der Waals surface area contributed by atoms with E-state index >= 15 is 0 Å². The van der Waals surface area contributed by atoms with Gasteiger partial charge in [-0.25, -0.2) is 9.97 Å². The van der Waals surface area contributed by atoms with Crippen molar-refractivity contribution in [2.24, 2.45) is 0 Å². The summed E-state index contributed by atoms with van der Waals surface area (Å²) < 4.78 is 12.6. The van der Waals surface area contributed by atoms with Gasteiger partial charge < -0.3 is 18.6 Å². The second kappa shape index (κ2) is 14.4. The molecule has 0 aliphatic rings. The lowest BCUT2D eigenvalue weighted by molar-refractivity contribution is 0.560. The molecular weight excluding hydrogens is 617 g/mol. The van der Waals surface area contributed by atoms with Gasteiger partial charge in [-0.1, -0.05) is 109 Å². The molecule has 0 unspecified atom stereocenters. The third kappa shape index (κ3) is 7.20. The molecule has 7 aromatic rings. The van der Waals surface area contributed by atoms with E-state index in [0.717, 1.165) is 67.7 Å². The third-order valence-electron chi connectivity index (χ3n) is 8.45. The molecule has 0 radical (unpaired) electrons. The lowest BCUT2D eigenvalue weighted by Crippen LogP contribution is -2.07. The fourth-order valence-electron chi connectivity index (χ4n) is 5.67. The largest absolute Gasteiger partial charge is 0.436 e. The number of nitrogens with zero attached hydrogens (tertiary/aromatic N) is 4. The number of anilines is 2. The quantitative estimate of drug-likeness (QED) is 0.146. The Hall–Kier alpha value is -6.40. The van der Waals surface area contributed by atoms with Gasteiger partial charge in [0.15, 0.2) is 11.5 Å². The first-order valence-electron chi connectivity index (χ1n) is 16.6. The summed E-state index contributed by atoms with van der Waals surface area (Å²) in [5.74, 6) is 2.59. The van der Waals surface area contributed by atoms with Crippen LogP contribution < -0.4 is 9.80 Å². The summed E-state index contributed by atoms with van der Waals surface area (Å²) in [6.07, 6.45) is 7.86. The summed E-state index contributed by atoms with van der Waals surface area (Å²) in [4.78, 5) is 14.0. The molecule has 6 nitrogen and oxygen atoms in total. The van der Waals surface area contributed by atoms with Gasteiger partial charge in [0.1, 0.15) is 11.4 Å². The van der Waals surface area contributed by atoms with E-state index in [0.29, 0.717) is 11.8 Å². The van der Waals surface area contributed by atoms with Crippen molar-refractivity contribution in [1.29, 1.82) is 0 Å². The zero-order chi connectivity index (χ0) is 34.5. The minimum atomic E-state index is 0.546. The Balaban J connectivity index is 1.11. The van der Waals surface area contributed by atoms with E-state index in [-0.39, 0.29) is 0 Å². The molecule has 0 fully saturated rings. The molecule has 2 aromatic heterocycles. The van der Waals surface area contributed by atoms with Gasteiger partial charge in [-0.3, -0.25) is 0 Å². The lowest BCUT2D eigenvalue weighted by atomic mass is 10.1. The van der Waals surface area contributed by atoms with Gasteiger partial charge in [0.2, 0.25) is 11.8 Å². The Labute approximate surface area is 293 Å². The Bertz CT molecular complexity index is 2060. The van der Waals surface area contributed by atoms with Crippen LogP contribution in [0.3, 0.4) is 0 Å². The van der Waals surface area contributed by atoms with Crippen molar-refractivity contribution in [3.8, 4) is 45.2 Å². The number of hydrogen-bond donors (Lipinski definition) is 0. The molecule has 0 saturated heterocycles. The van der Waals surface area contributed by atoms with Crippen molar-refractivity contribution >= 4 is 35.7 Å². The maximum Gasteiger partial charge on any atom is 0.220 e. The first kappa shape index (κ1) is 32.2. The number of aromatic nitrogens is 2. The Morgan fingerprint density at radius 2 is 0.760 bits per heavy atom. The van der Waals surface area contributed by atoms with E-state index in [4.69, 9.17) is 18.8 Å². The van der Waals surface area contributed by atoms with Crippen molar-refractivity contribution in [1.82, 2.24) is 9.97 Å². The molecule has 6 heteroatoms. The standard InChI is InChI=1S/C44H38N4O2/c1-47(2)37-25-21-33(22-26-37)41-43(35-11-7-5-8-12-35)49-39(45-41)29-19-31-15-17-32(18-16-31)20-30-40-46-42(34-23-27-38(28-24-34)48(3)4)44(50-40)36-13-9-6-10-14-36/h5-30H,1-4H3/b29-19+,30-20+. The summed E-state index contributed by atoms with van der Waals surface area (Å²) >= 11 is 0. The second-order valence-corrected chi connectivity index (χ2v) is 12.4. The molecular formula is C44H38N4O2. The van der Waals surface area contributed by atoms with E-state index < -0.39 is 0 Å². The van der Waals surface area contributed by atoms with Gasteiger partial charge >= 0.3 is 0 Å². The van der Waals surface area contributed by atoms with Crippen LogP contribution in [-0.4, -0.2) is 38.2 Å². The van der Waals surface area contributed by atoms with Crippen LogP contribution in [0.2, 0.25) is 0 Å². The first-order chi connectivity index (χ1) is 24.4. The Kier molecular flexibility index (Phi) is 9.25. The van der Waals surface area contributed by atoms with Crippen LogP contribution in [0.5, 0.6) is 0 Å². The van der Waals surface area contributed by atoms with Crippen molar-refractivity contribution in [3.05, 3.63) is 156 Å². The van der Waals surface area contributed by atoms with E-state index in [2.05, 4.69) is 82.6 Å². The highest BCUT2D eigenvalue weighted by Gasteiger charge is 2.17. The summed E-state index contributed by atoms with van der Waals surface area (Å²) in [6.45, 7) is 0. The molecule has 7 rings (SSSR count). The maximum absolute atomic E-state index is 6.32. The highest BCUT2D eigenvalue weighted by molar-refractivity contribution is 5.81. The summed E-state index contributed by atoms with van der Waals surface area (Å²) in [6, 6.07) is 45.2. The zero-order valence-corrected chi connectivity index (χ0v) is 28.6. The predicted molar refractivity (Wildman–Crippen MR) is 208 cm³/mol.